The molecule has 0 aliphatic carbocycles. The zero-order chi connectivity index (χ0) is 13.8. The lowest BCUT2D eigenvalue weighted by atomic mass is 10.1. The summed E-state index contributed by atoms with van der Waals surface area (Å²) in [6, 6.07) is 6.44. The van der Waals surface area contributed by atoms with Crippen LogP contribution >= 0.6 is 0 Å². The molecule has 5 nitrogen and oxygen atoms in total. The van der Waals surface area contributed by atoms with Gasteiger partial charge in [-0.25, -0.2) is 4.79 Å². The van der Waals surface area contributed by atoms with Crippen LogP contribution in [0.4, 0.5) is 0 Å². The molecule has 0 unspecified atom stereocenters. The number of carbonyl (C=O) groups is 2. The molecule has 1 heterocycles. The highest BCUT2D eigenvalue weighted by atomic mass is 16.5. The molecule has 0 fully saturated rings. The lowest BCUT2D eigenvalue weighted by Gasteiger charge is -2.25. The quantitative estimate of drug-likeness (QED) is 0.775. The smallest absolute Gasteiger partial charge is 0.328 e. The van der Waals surface area contributed by atoms with Crippen LogP contribution in [0.1, 0.15) is 24.2 Å². The molecule has 0 aromatic heterocycles. The van der Waals surface area contributed by atoms with E-state index in [1.165, 1.54) is 4.90 Å². The predicted octanol–water partition coefficient (Wildman–Crippen LogP) is 1.47. The fourth-order valence-electron chi connectivity index (χ4n) is 2.04. The van der Waals surface area contributed by atoms with Crippen LogP contribution in [0, 0.1) is 0 Å². The SMILES string of the molecule is CCOC(=O)[C@@H](C)N1CCOc2ccccc2C1=O. The highest BCUT2D eigenvalue weighted by molar-refractivity contribution is 5.99. The van der Waals surface area contributed by atoms with Crippen LogP contribution in [-0.4, -0.2) is 42.6 Å². The fourth-order valence-corrected chi connectivity index (χ4v) is 2.04. The molecule has 102 valence electrons. The van der Waals surface area contributed by atoms with E-state index in [1.807, 2.05) is 6.07 Å². The summed E-state index contributed by atoms with van der Waals surface area (Å²) in [6.45, 7) is 4.45. The van der Waals surface area contributed by atoms with E-state index in [0.717, 1.165) is 0 Å². The monoisotopic (exact) mass is 263 g/mol. The molecule has 5 heteroatoms. The fraction of sp³-hybridized carbons (Fsp3) is 0.429. The first kappa shape index (κ1) is 13.4. The van der Waals surface area contributed by atoms with E-state index in [9.17, 15) is 9.59 Å². The van der Waals surface area contributed by atoms with Crippen molar-refractivity contribution in [2.45, 2.75) is 19.9 Å². The molecular formula is C14H17NO4. The van der Waals surface area contributed by atoms with Crippen molar-refractivity contribution < 1.29 is 19.1 Å². The summed E-state index contributed by atoms with van der Waals surface area (Å²) in [5, 5.41) is 0. The maximum Gasteiger partial charge on any atom is 0.328 e. The molecule has 0 saturated carbocycles. The summed E-state index contributed by atoms with van der Waals surface area (Å²) in [5.74, 6) is -0.0325. The topological polar surface area (TPSA) is 55.8 Å². The molecule has 1 amide bonds. The van der Waals surface area contributed by atoms with Crippen LogP contribution in [-0.2, 0) is 9.53 Å². The lowest BCUT2D eigenvalue weighted by Crippen LogP contribution is -2.44. The zero-order valence-corrected chi connectivity index (χ0v) is 11.1. The molecule has 0 spiro atoms. The Morgan fingerprint density at radius 2 is 2.21 bits per heavy atom. The summed E-state index contributed by atoms with van der Waals surface area (Å²) in [5.41, 5.74) is 0.483. The number of hydrogen-bond donors (Lipinski definition) is 0. The van der Waals surface area contributed by atoms with E-state index in [1.54, 1.807) is 32.0 Å². The van der Waals surface area contributed by atoms with Gasteiger partial charge in [0, 0.05) is 0 Å². The lowest BCUT2D eigenvalue weighted by molar-refractivity contribution is -0.148. The van der Waals surface area contributed by atoms with E-state index in [-0.39, 0.29) is 5.91 Å². The number of amides is 1. The van der Waals surface area contributed by atoms with E-state index in [2.05, 4.69) is 0 Å². The third kappa shape index (κ3) is 2.70. The van der Waals surface area contributed by atoms with Gasteiger partial charge in [0.05, 0.1) is 18.7 Å². The zero-order valence-electron chi connectivity index (χ0n) is 11.1. The number of para-hydroxylation sites is 1. The minimum atomic E-state index is -0.609. The highest BCUT2D eigenvalue weighted by Crippen LogP contribution is 2.23. The molecule has 0 bridgehead atoms. The number of nitrogens with zero attached hydrogens (tertiary/aromatic N) is 1. The third-order valence-electron chi connectivity index (χ3n) is 3.06. The number of fused-ring (bicyclic) bond motifs is 1. The molecule has 19 heavy (non-hydrogen) atoms. The largest absolute Gasteiger partial charge is 0.491 e. The second-order valence-electron chi connectivity index (χ2n) is 4.27. The Bertz CT molecular complexity index is 486. The molecule has 0 radical (unpaired) electrons. The summed E-state index contributed by atoms with van der Waals surface area (Å²) in [7, 11) is 0. The Kier molecular flexibility index (Phi) is 4.04. The van der Waals surface area contributed by atoms with Gasteiger partial charge in [-0.05, 0) is 26.0 Å². The summed E-state index contributed by atoms with van der Waals surface area (Å²) < 4.78 is 10.5. The van der Waals surface area contributed by atoms with Crippen LogP contribution in [0.5, 0.6) is 5.75 Å². The maximum atomic E-state index is 12.4. The number of ether oxygens (including phenoxy) is 2. The molecule has 1 aliphatic heterocycles. The molecule has 2 rings (SSSR count). The van der Waals surface area contributed by atoms with Gasteiger partial charge < -0.3 is 14.4 Å². The van der Waals surface area contributed by atoms with Gasteiger partial charge in [-0.2, -0.15) is 0 Å². The molecule has 0 N–H and O–H groups in total. The number of benzene rings is 1. The molecular weight excluding hydrogens is 246 g/mol. The average Bonchev–Trinajstić information content (AvgIpc) is 2.58. The number of carbonyl (C=O) groups excluding carboxylic acids is 2. The average molecular weight is 263 g/mol. The Morgan fingerprint density at radius 3 is 2.95 bits per heavy atom. The summed E-state index contributed by atoms with van der Waals surface area (Å²) in [4.78, 5) is 25.7. The van der Waals surface area contributed by atoms with Gasteiger partial charge in [-0.15, -0.1) is 0 Å². The van der Waals surface area contributed by atoms with Gasteiger partial charge in [-0.3, -0.25) is 4.79 Å². The first-order valence-electron chi connectivity index (χ1n) is 6.34. The Hall–Kier alpha value is -2.04. The molecule has 1 aliphatic rings. The summed E-state index contributed by atoms with van der Waals surface area (Å²) in [6.07, 6.45) is 0. The van der Waals surface area contributed by atoms with Crippen molar-refractivity contribution in [3.8, 4) is 5.75 Å². The minimum absolute atomic E-state index is 0.200. The Morgan fingerprint density at radius 1 is 1.47 bits per heavy atom. The van der Waals surface area contributed by atoms with Crippen molar-refractivity contribution in [3.05, 3.63) is 29.8 Å². The maximum absolute atomic E-state index is 12.4. The van der Waals surface area contributed by atoms with E-state index >= 15 is 0 Å². The van der Waals surface area contributed by atoms with Gasteiger partial charge >= 0.3 is 5.97 Å². The van der Waals surface area contributed by atoms with E-state index < -0.39 is 12.0 Å². The van der Waals surface area contributed by atoms with Crippen LogP contribution in [0.25, 0.3) is 0 Å². The number of esters is 1. The highest BCUT2D eigenvalue weighted by Gasteiger charge is 2.31. The molecule has 0 saturated heterocycles. The van der Waals surface area contributed by atoms with Crippen molar-refractivity contribution in [1.29, 1.82) is 0 Å². The normalized spacial score (nSPS) is 16.1. The second-order valence-corrected chi connectivity index (χ2v) is 4.27. The van der Waals surface area contributed by atoms with E-state index in [4.69, 9.17) is 9.47 Å². The van der Waals surface area contributed by atoms with Crippen molar-refractivity contribution in [1.82, 2.24) is 4.90 Å². The molecule has 1 aromatic rings. The third-order valence-corrected chi connectivity index (χ3v) is 3.06. The second kappa shape index (κ2) is 5.73. The van der Waals surface area contributed by atoms with Crippen molar-refractivity contribution in [2.75, 3.05) is 19.8 Å². The Labute approximate surface area is 112 Å². The first-order valence-corrected chi connectivity index (χ1v) is 6.34. The van der Waals surface area contributed by atoms with Gasteiger partial charge in [0.2, 0.25) is 0 Å². The Balaban J connectivity index is 2.24. The predicted molar refractivity (Wildman–Crippen MR) is 69.1 cm³/mol. The van der Waals surface area contributed by atoms with Gasteiger partial charge in [0.15, 0.2) is 0 Å². The van der Waals surface area contributed by atoms with E-state index in [0.29, 0.717) is 31.1 Å². The van der Waals surface area contributed by atoms with Crippen molar-refractivity contribution in [3.63, 3.8) is 0 Å². The van der Waals surface area contributed by atoms with Crippen molar-refractivity contribution >= 4 is 11.9 Å². The van der Waals surface area contributed by atoms with Crippen LogP contribution < -0.4 is 4.74 Å². The molecule has 1 atom stereocenters. The van der Waals surface area contributed by atoms with Gasteiger partial charge in [0.1, 0.15) is 18.4 Å². The van der Waals surface area contributed by atoms with Crippen LogP contribution in [0.2, 0.25) is 0 Å². The van der Waals surface area contributed by atoms with Gasteiger partial charge in [-0.1, -0.05) is 12.1 Å². The standard InChI is InChI=1S/C14H17NO4/c1-3-18-14(17)10(2)15-8-9-19-12-7-5-4-6-11(12)13(15)16/h4-7,10H,3,8-9H2,1-2H3/t10-/m1/s1. The molecule has 1 aromatic carbocycles. The van der Waals surface area contributed by atoms with Crippen LogP contribution in [0.3, 0.4) is 0 Å². The number of hydrogen-bond acceptors (Lipinski definition) is 4. The number of rotatable bonds is 3. The minimum Gasteiger partial charge on any atom is -0.491 e. The first-order chi connectivity index (χ1) is 9.15. The van der Waals surface area contributed by atoms with Crippen molar-refractivity contribution in [2.24, 2.45) is 0 Å². The van der Waals surface area contributed by atoms with Gasteiger partial charge in [0.25, 0.3) is 5.91 Å². The van der Waals surface area contributed by atoms with Crippen LogP contribution in [0.15, 0.2) is 24.3 Å². The summed E-state index contributed by atoms with van der Waals surface area (Å²) >= 11 is 0.